The molecule has 0 aromatic carbocycles. The number of carboxylic acids is 1. The largest absolute Gasteiger partial charge is 0.481 e. The van der Waals surface area contributed by atoms with Gasteiger partial charge < -0.3 is 10.0 Å². The average Bonchev–Trinajstić information content (AvgIpc) is 2.49. The molecule has 0 amide bonds. The quantitative estimate of drug-likeness (QED) is 0.840. The minimum absolute atomic E-state index is 0.239. The number of anilines is 1. The molecular formula is C9H13N3O2S. The van der Waals surface area contributed by atoms with Gasteiger partial charge in [-0.1, -0.05) is 25.2 Å². The monoisotopic (exact) mass is 227 g/mol. The first kappa shape index (κ1) is 10.4. The van der Waals surface area contributed by atoms with Crippen LogP contribution >= 0.6 is 11.3 Å². The van der Waals surface area contributed by atoms with Gasteiger partial charge in [-0.05, 0) is 0 Å². The van der Waals surface area contributed by atoms with E-state index in [0.717, 1.165) is 10.1 Å². The van der Waals surface area contributed by atoms with Gasteiger partial charge in [0.05, 0.1) is 5.92 Å². The van der Waals surface area contributed by atoms with Crippen LogP contribution in [0.1, 0.15) is 24.8 Å². The third kappa shape index (κ3) is 1.94. The lowest BCUT2D eigenvalue weighted by Gasteiger charge is -2.35. The molecule has 1 fully saturated rings. The molecule has 1 saturated heterocycles. The Morgan fingerprint density at radius 3 is 2.67 bits per heavy atom. The van der Waals surface area contributed by atoms with Gasteiger partial charge in [0, 0.05) is 19.0 Å². The Bertz CT molecular complexity index is 371. The second-order valence-electron chi connectivity index (χ2n) is 4.02. The molecule has 0 bridgehead atoms. The van der Waals surface area contributed by atoms with E-state index in [0.29, 0.717) is 19.0 Å². The Hall–Kier alpha value is -1.17. The van der Waals surface area contributed by atoms with E-state index in [1.54, 1.807) is 11.3 Å². The molecule has 2 heterocycles. The van der Waals surface area contributed by atoms with E-state index < -0.39 is 5.97 Å². The van der Waals surface area contributed by atoms with Gasteiger partial charge in [0.2, 0.25) is 5.13 Å². The predicted molar refractivity (Wildman–Crippen MR) is 57.3 cm³/mol. The van der Waals surface area contributed by atoms with Crippen molar-refractivity contribution in [1.82, 2.24) is 10.2 Å². The van der Waals surface area contributed by atoms with Crippen LogP contribution in [0, 0.1) is 5.92 Å². The zero-order valence-corrected chi connectivity index (χ0v) is 9.49. The number of carboxylic acid groups (broad SMARTS) is 1. The fourth-order valence-corrected chi connectivity index (χ4v) is 2.24. The molecule has 6 heteroatoms. The molecule has 1 aromatic heterocycles. The van der Waals surface area contributed by atoms with Gasteiger partial charge in [0.25, 0.3) is 0 Å². The molecule has 0 saturated carbocycles. The molecule has 15 heavy (non-hydrogen) atoms. The highest BCUT2D eigenvalue weighted by Gasteiger charge is 2.34. The number of carbonyl (C=O) groups is 1. The summed E-state index contributed by atoms with van der Waals surface area (Å²) in [5, 5.41) is 18.7. The first-order valence-electron chi connectivity index (χ1n) is 4.89. The first-order chi connectivity index (χ1) is 7.08. The minimum Gasteiger partial charge on any atom is -0.481 e. The topological polar surface area (TPSA) is 66.3 Å². The maximum Gasteiger partial charge on any atom is 0.310 e. The number of hydrogen-bond acceptors (Lipinski definition) is 5. The SMILES string of the molecule is CC(C)c1nnc(N2CC(C(=O)O)C2)s1. The van der Waals surface area contributed by atoms with E-state index in [1.807, 2.05) is 4.90 Å². The Morgan fingerprint density at radius 2 is 2.20 bits per heavy atom. The summed E-state index contributed by atoms with van der Waals surface area (Å²) in [7, 11) is 0. The van der Waals surface area contributed by atoms with Crippen molar-refractivity contribution in [2.45, 2.75) is 19.8 Å². The maximum absolute atomic E-state index is 10.6. The number of hydrogen-bond donors (Lipinski definition) is 1. The third-order valence-electron chi connectivity index (χ3n) is 2.43. The van der Waals surface area contributed by atoms with Gasteiger partial charge in [-0.3, -0.25) is 4.79 Å². The Kier molecular flexibility index (Phi) is 2.60. The summed E-state index contributed by atoms with van der Waals surface area (Å²) in [6.45, 7) is 5.25. The Labute approximate surface area is 91.7 Å². The molecule has 0 unspecified atom stereocenters. The van der Waals surface area contributed by atoms with Crippen LogP contribution in [0.25, 0.3) is 0 Å². The van der Waals surface area contributed by atoms with Crippen LogP contribution in [0.5, 0.6) is 0 Å². The number of aromatic nitrogens is 2. The molecule has 5 nitrogen and oxygen atoms in total. The molecule has 1 N–H and O–H groups in total. The Morgan fingerprint density at radius 1 is 1.53 bits per heavy atom. The summed E-state index contributed by atoms with van der Waals surface area (Å²) in [6, 6.07) is 0. The van der Waals surface area contributed by atoms with E-state index in [9.17, 15) is 4.79 Å². The van der Waals surface area contributed by atoms with Crippen LogP contribution in [0.4, 0.5) is 5.13 Å². The van der Waals surface area contributed by atoms with Crippen LogP contribution < -0.4 is 4.90 Å². The van der Waals surface area contributed by atoms with Crippen LogP contribution in [0.15, 0.2) is 0 Å². The van der Waals surface area contributed by atoms with E-state index in [-0.39, 0.29) is 5.92 Å². The van der Waals surface area contributed by atoms with Gasteiger partial charge in [0.1, 0.15) is 5.01 Å². The fraction of sp³-hybridized carbons (Fsp3) is 0.667. The van der Waals surface area contributed by atoms with Crippen LogP contribution in [-0.4, -0.2) is 34.4 Å². The summed E-state index contributed by atoms with van der Waals surface area (Å²) in [5.41, 5.74) is 0. The summed E-state index contributed by atoms with van der Waals surface area (Å²) in [5.74, 6) is -0.580. The molecular weight excluding hydrogens is 214 g/mol. The first-order valence-corrected chi connectivity index (χ1v) is 5.70. The van der Waals surface area contributed by atoms with E-state index in [2.05, 4.69) is 24.0 Å². The molecule has 1 aliphatic heterocycles. The smallest absolute Gasteiger partial charge is 0.310 e. The van der Waals surface area contributed by atoms with Crippen LogP contribution in [-0.2, 0) is 4.79 Å². The number of rotatable bonds is 3. The number of nitrogens with zero attached hydrogens (tertiary/aromatic N) is 3. The van der Waals surface area contributed by atoms with E-state index in [4.69, 9.17) is 5.11 Å². The van der Waals surface area contributed by atoms with Gasteiger partial charge in [-0.15, -0.1) is 10.2 Å². The van der Waals surface area contributed by atoms with Crippen molar-refractivity contribution < 1.29 is 9.90 Å². The summed E-state index contributed by atoms with van der Waals surface area (Å²) < 4.78 is 0. The second-order valence-corrected chi connectivity index (χ2v) is 5.01. The highest BCUT2D eigenvalue weighted by molar-refractivity contribution is 7.15. The maximum atomic E-state index is 10.6. The van der Waals surface area contributed by atoms with Gasteiger partial charge in [0.15, 0.2) is 0 Å². The molecule has 0 aliphatic carbocycles. The molecule has 0 spiro atoms. The van der Waals surface area contributed by atoms with Crippen molar-refractivity contribution in [3.05, 3.63) is 5.01 Å². The molecule has 0 atom stereocenters. The van der Waals surface area contributed by atoms with Crippen LogP contribution in [0.3, 0.4) is 0 Å². The van der Waals surface area contributed by atoms with Crippen molar-refractivity contribution in [3.63, 3.8) is 0 Å². The fourth-order valence-electron chi connectivity index (χ4n) is 1.38. The van der Waals surface area contributed by atoms with Crippen molar-refractivity contribution in [3.8, 4) is 0 Å². The molecule has 2 rings (SSSR count). The molecule has 1 aliphatic rings. The third-order valence-corrected chi connectivity index (χ3v) is 3.71. The molecule has 1 aromatic rings. The highest BCUT2D eigenvalue weighted by Crippen LogP contribution is 2.30. The standard InChI is InChI=1S/C9H13N3O2S/c1-5(2)7-10-11-9(15-7)12-3-6(4-12)8(13)14/h5-6H,3-4H2,1-2H3,(H,13,14). The van der Waals surface area contributed by atoms with E-state index >= 15 is 0 Å². The summed E-state index contributed by atoms with van der Waals surface area (Å²) >= 11 is 1.55. The molecule has 0 radical (unpaired) electrons. The lowest BCUT2D eigenvalue weighted by molar-refractivity contribution is -0.142. The lowest BCUT2D eigenvalue weighted by Crippen LogP contribution is -2.50. The molecule has 82 valence electrons. The van der Waals surface area contributed by atoms with Crippen molar-refractivity contribution in [2.75, 3.05) is 18.0 Å². The van der Waals surface area contributed by atoms with Crippen molar-refractivity contribution in [2.24, 2.45) is 5.92 Å². The summed E-state index contributed by atoms with van der Waals surface area (Å²) in [6.07, 6.45) is 0. The Balaban J connectivity index is 1.98. The van der Waals surface area contributed by atoms with Crippen molar-refractivity contribution in [1.29, 1.82) is 0 Å². The highest BCUT2D eigenvalue weighted by atomic mass is 32.1. The van der Waals surface area contributed by atoms with Crippen LogP contribution in [0.2, 0.25) is 0 Å². The second kappa shape index (κ2) is 3.77. The zero-order valence-electron chi connectivity index (χ0n) is 8.67. The zero-order chi connectivity index (χ0) is 11.0. The van der Waals surface area contributed by atoms with Gasteiger partial charge in [-0.25, -0.2) is 0 Å². The lowest BCUT2D eigenvalue weighted by atomic mass is 10.0. The average molecular weight is 227 g/mol. The van der Waals surface area contributed by atoms with Gasteiger partial charge in [-0.2, -0.15) is 0 Å². The normalized spacial score (nSPS) is 16.9. The van der Waals surface area contributed by atoms with Crippen molar-refractivity contribution >= 4 is 22.4 Å². The number of aliphatic carboxylic acids is 1. The summed E-state index contributed by atoms with van der Waals surface area (Å²) in [4.78, 5) is 12.6. The van der Waals surface area contributed by atoms with E-state index in [1.165, 1.54) is 0 Å². The predicted octanol–water partition coefficient (Wildman–Crippen LogP) is 1.18. The van der Waals surface area contributed by atoms with Gasteiger partial charge >= 0.3 is 5.97 Å². The minimum atomic E-state index is -0.722.